The predicted octanol–water partition coefficient (Wildman–Crippen LogP) is 1.95. The average Bonchev–Trinajstić information content (AvgIpc) is 3.19. The third-order valence-electron chi connectivity index (χ3n) is 4.68. The SMILES string of the molecule is O=C(CCNS(=O)(=O)c1ccc2ccccc2c1)NNC(=S)NC1CCCC1. The smallest absolute Gasteiger partial charge is 0.240 e. The van der Waals surface area contributed by atoms with Crippen LogP contribution in [-0.2, 0) is 14.8 Å². The Kier molecular flexibility index (Phi) is 6.82. The Morgan fingerprint density at radius 2 is 1.75 bits per heavy atom. The molecule has 0 aliphatic heterocycles. The number of carbonyl (C=O) groups is 1. The Hall–Kier alpha value is -2.23. The first-order valence-electron chi connectivity index (χ1n) is 9.28. The molecule has 0 saturated heterocycles. The van der Waals surface area contributed by atoms with E-state index < -0.39 is 10.0 Å². The van der Waals surface area contributed by atoms with Gasteiger partial charge in [-0.25, -0.2) is 13.1 Å². The molecule has 3 rings (SSSR count). The summed E-state index contributed by atoms with van der Waals surface area (Å²) in [7, 11) is -3.68. The molecule has 0 atom stereocenters. The van der Waals surface area contributed by atoms with Crippen LogP contribution >= 0.6 is 12.2 Å². The van der Waals surface area contributed by atoms with E-state index >= 15 is 0 Å². The molecule has 7 nitrogen and oxygen atoms in total. The highest BCUT2D eigenvalue weighted by Gasteiger charge is 2.16. The lowest BCUT2D eigenvalue weighted by Gasteiger charge is -2.16. The number of hydrogen-bond acceptors (Lipinski definition) is 4. The Labute approximate surface area is 170 Å². The van der Waals surface area contributed by atoms with Crippen LogP contribution in [0.15, 0.2) is 47.4 Å². The number of sulfonamides is 1. The molecule has 1 aliphatic carbocycles. The second-order valence-corrected chi connectivity index (χ2v) is 8.96. The number of fused-ring (bicyclic) bond motifs is 1. The van der Waals surface area contributed by atoms with Crippen molar-refractivity contribution >= 4 is 44.0 Å². The maximum Gasteiger partial charge on any atom is 0.240 e. The Balaban J connectivity index is 1.43. The Morgan fingerprint density at radius 1 is 1.04 bits per heavy atom. The van der Waals surface area contributed by atoms with Crippen molar-refractivity contribution < 1.29 is 13.2 Å². The van der Waals surface area contributed by atoms with E-state index in [2.05, 4.69) is 20.9 Å². The molecule has 0 spiro atoms. The molecule has 0 radical (unpaired) electrons. The van der Waals surface area contributed by atoms with Crippen LogP contribution in [0.1, 0.15) is 32.1 Å². The molecule has 0 unspecified atom stereocenters. The van der Waals surface area contributed by atoms with E-state index in [1.54, 1.807) is 18.2 Å². The highest BCUT2D eigenvalue weighted by Crippen LogP contribution is 2.19. The van der Waals surface area contributed by atoms with Crippen LogP contribution in [0.3, 0.4) is 0 Å². The van der Waals surface area contributed by atoms with Crippen molar-refractivity contribution in [2.24, 2.45) is 0 Å². The topological polar surface area (TPSA) is 99.3 Å². The van der Waals surface area contributed by atoms with E-state index in [-0.39, 0.29) is 23.8 Å². The van der Waals surface area contributed by atoms with E-state index in [0.29, 0.717) is 11.2 Å². The van der Waals surface area contributed by atoms with Crippen LogP contribution in [0, 0.1) is 0 Å². The average molecular weight is 421 g/mol. The first-order chi connectivity index (χ1) is 13.4. The molecule has 1 saturated carbocycles. The molecule has 2 aromatic rings. The fourth-order valence-corrected chi connectivity index (χ4v) is 4.48. The number of hydrazine groups is 1. The molecule has 0 aromatic heterocycles. The molecule has 1 amide bonds. The van der Waals surface area contributed by atoms with Gasteiger partial charge in [-0.2, -0.15) is 0 Å². The maximum atomic E-state index is 12.4. The van der Waals surface area contributed by atoms with Gasteiger partial charge in [-0.05, 0) is 48.0 Å². The van der Waals surface area contributed by atoms with Gasteiger partial charge in [0, 0.05) is 19.0 Å². The largest absolute Gasteiger partial charge is 0.359 e. The van der Waals surface area contributed by atoms with Gasteiger partial charge in [0.2, 0.25) is 15.9 Å². The van der Waals surface area contributed by atoms with Crippen molar-refractivity contribution in [1.29, 1.82) is 0 Å². The third-order valence-corrected chi connectivity index (χ3v) is 6.36. The van der Waals surface area contributed by atoms with Crippen LogP contribution in [0.5, 0.6) is 0 Å². The number of nitrogens with one attached hydrogen (secondary N) is 4. The van der Waals surface area contributed by atoms with E-state index in [0.717, 1.165) is 23.6 Å². The molecular formula is C19H24N4O3S2. The quantitative estimate of drug-likeness (QED) is 0.421. The minimum atomic E-state index is -3.68. The molecule has 2 aromatic carbocycles. The summed E-state index contributed by atoms with van der Waals surface area (Å²) in [5.41, 5.74) is 5.13. The van der Waals surface area contributed by atoms with Gasteiger partial charge in [-0.3, -0.25) is 15.6 Å². The van der Waals surface area contributed by atoms with Crippen LogP contribution in [-0.4, -0.2) is 32.0 Å². The van der Waals surface area contributed by atoms with E-state index in [4.69, 9.17) is 12.2 Å². The maximum absolute atomic E-state index is 12.4. The van der Waals surface area contributed by atoms with Gasteiger partial charge in [0.05, 0.1) is 4.90 Å². The second-order valence-electron chi connectivity index (χ2n) is 6.78. The normalized spacial score (nSPS) is 14.7. The van der Waals surface area contributed by atoms with E-state index in [9.17, 15) is 13.2 Å². The van der Waals surface area contributed by atoms with Crippen molar-refractivity contribution in [1.82, 2.24) is 20.9 Å². The first-order valence-corrected chi connectivity index (χ1v) is 11.2. The van der Waals surface area contributed by atoms with Gasteiger partial charge >= 0.3 is 0 Å². The zero-order chi connectivity index (χ0) is 20.0. The van der Waals surface area contributed by atoms with Crippen molar-refractivity contribution in [2.45, 2.75) is 43.0 Å². The van der Waals surface area contributed by atoms with Gasteiger partial charge in [-0.1, -0.05) is 43.2 Å². The lowest BCUT2D eigenvalue weighted by molar-refractivity contribution is -0.121. The predicted molar refractivity (Wildman–Crippen MR) is 113 cm³/mol. The lowest BCUT2D eigenvalue weighted by Crippen LogP contribution is -2.49. The summed E-state index contributed by atoms with van der Waals surface area (Å²) in [6.45, 7) is -0.00844. The van der Waals surface area contributed by atoms with Gasteiger partial charge < -0.3 is 5.32 Å². The highest BCUT2D eigenvalue weighted by atomic mass is 32.2. The fraction of sp³-hybridized carbons (Fsp3) is 0.368. The zero-order valence-electron chi connectivity index (χ0n) is 15.4. The number of carbonyl (C=O) groups excluding carboxylic acids is 1. The fourth-order valence-electron chi connectivity index (χ4n) is 3.20. The minimum Gasteiger partial charge on any atom is -0.359 e. The Morgan fingerprint density at radius 3 is 2.50 bits per heavy atom. The molecule has 1 fully saturated rings. The van der Waals surface area contributed by atoms with Crippen LogP contribution in [0.25, 0.3) is 10.8 Å². The van der Waals surface area contributed by atoms with Crippen LogP contribution < -0.4 is 20.9 Å². The summed E-state index contributed by atoms with van der Waals surface area (Å²) in [5, 5.41) is 5.33. The molecule has 150 valence electrons. The van der Waals surface area contributed by atoms with Crippen LogP contribution in [0.4, 0.5) is 0 Å². The summed E-state index contributed by atoms with van der Waals surface area (Å²) in [5.74, 6) is -0.350. The number of benzene rings is 2. The van der Waals surface area contributed by atoms with Crippen molar-refractivity contribution in [3.8, 4) is 0 Å². The number of amides is 1. The highest BCUT2D eigenvalue weighted by molar-refractivity contribution is 7.89. The summed E-state index contributed by atoms with van der Waals surface area (Å²) >= 11 is 5.13. The number of hydrogen-bond donors (Lipinski definition) is 4. The van der Waals surface area contributed by atoms with Gasteiger partial charge in [0.15, 0.2) is 5.11 Å². The van der Waals surface area contributed by atoms with Gasteiger partial charge in [-0.15, -0.1) is 0 Å². The molecule has 0 bridgehead atoms. The molecule has 28 heavy (non-hydrogen) atoms. The van der Waals surface area contributed by atoms with Crippen molar-refractivity contribution in [3.63, 3.8) is 0 Å². The summed E-state index contributed by atoms with van der Waals surface area (Å²) in [6.07, 6.45) is 4.51. The van der Waals surface area contributed by atoms with Crippen LogP contribution in [0.2, 0.25) is 0 Å². The molecular weight excluding hydrogens is 396 g/mol. The minimum absolute atomic E-state index is 0.00808. The zero-order valence-corrected chi connectivity index (χ0v) is 17.0. The van der Waals surface area contributed by atoms with E-state index in [1.165, 1.54) is 12.8 Å². The summed E-state index contributed by atoms with van der Waals surface area (Å²) in [4.78, 5) is 12.1. The van der Waals surface area contributed by atoms with Crippen molar-refractivity contribution in [2.75, 3.05) is 6.54 Å². The van der Waals surface area contributed by atoms with Gasteiger partial charge in [0.1, 0.15) is 0 Å². The summed E-state index contributed by atoms with van der Waals surface area (Å²) < 4.78 is 27.3. The standard InChI is InChI=1S/C19H24N4O3S2/c24-18(22-23-19(27)21-16-7-3-4-8-16)11-12-20-28(25,26)17-10-9-14-5-1-2-6-15(14)13-17/h1-2,5-6,9-10,13,16,20H,3-4,7-8,11-12H2,(H,22,24)(H2,21,23,27). The monoisotopic (exact) mass is 420 g/mol. The van der Waals surface area contributed by atoms with E-state index in [1.807, 2.05) is 24.3 Å². The van der Waals surface area contributed by atoms with Gasteiger partial charge in [0.25, 0.3) is 0 Å². The summed E-state index contributed by atoms with van der Waals surface area (Å²) in [6, 6.07) is 12.8. The Bertz CT molecular complexity index is 957. The second kappa shape index (κ2) is 9.31. The molecule has 1 aliphatic rings. The molecule has 0 heterocycles. The third kappa shape index (κ3) is 5.63. The molecule has 4 N–H and O–H groups in total. The first kappa shape index (κ1) is 20.5. The molecule has 9 heteroatoms. The number of rotatable bonds is 6. The number of thiocarbonyl (C=S) groups is 1. The van der Waals surface area contributed by atoms with Crippen molar-refractivity contribution in [3.05, 3.63) is 42.5 Å². The lowest BCUT2D eigenvalue weighted by atomic mass is 10.1.